The Bertz CT molecular complexity index is 1360. The second-order valence-electron chi connectivity index (χ2n) is 10.8. The summed E-state index contributed by atoms with van der Waals surface area (Å²) in [5.74, 6) is -1.10. The molecule has 3 heterocycles. The lowest BCUT2D eigenvalue weighted by molar-refractivity contribution is -0.116. The Morgan fingerprint density at radius 2 is 1.90 bits per heavy atom. The summed E-state index contributed by atoms with van der Waals surface area (Å²) >= 11 is 1.32. The molecule has 1 aliphatic heterocycles. The maximum atomic E-state index is 13.0. The van der Waals surface area contributed by atoms with E-state index in [0.717, 1.165) is 30.1 Å². The summed E-state index contributed by atoms with van der Waals surface area (Å²) < 4.78 is 37.7. The number of rotatable bonds is 12. The highest BCUT2D eigenvalue weighted by atomic mass is 32.1. The van der Waals surface area contributed by atoms with Gasteiger partial charge in [-0.2, -0.15) is 0 Å². The van der Waals surface area contributed by atoms with Crippen molar-refractivity contribution in [1.82, 2.24) is 9.97 Å². The average molecular weight is 570 g/mol. The number of alkyl halides is 2. The van der Waals surface area contributed by atoms with E-state index in [-0.39, 0.29) is 43.0 Å². The molecule has 1 aromatic carbocycles. The molecule has 40 heavy (non-hydrogen) atoms. The molecule has 0 N–H and O–H groups in total. The van der Waals surface area contributed by atoms with Crippen LogP contribution in [0.5, 0.6) is 11.5 Å². The standard InChI is InChI=1S/C30H33F2N3O4S/c1-18(12-26(37)29-20(3)34-28(40-29)13-19(2)36)21-4-6-23(7-5-21)39-25-10-11-35(16-25)27-9-8-24(15-33-27)38-17-22-14-30(22,31)32/h4-9,15,18,22,25H,10-14,16-17H2,1-3H3/t18-,22?,25?/m1/s1. The third kappa shape index (κ3) is 6.83. The molecule has 10 heteroatoms. The molecule has 7 nitrogen and oxygen atoms in total. The minimum atomic E-state index is -2.58. The Morgan fingerprint density at radius 1 is 1.18 bits per heavy atom. The van der Waals surface area contributed by atoms with Gasteiger partial charge in [0.15, 0.2) is 5.78 Å². The van der Waals surface area contributed by atoms with E-state index in [1.807, 2.05) is 44.2 Å². The maximum absolute atomic E-state index is 13.0. The molecule has 2 unspecified atom stereocenters. The number of aromatic nitrogens is 2. The van der Waals surface area contributed by atoms with Crippen LogP contribution in [0.2, 0.25) is 0 Å². The number of hydrogen-bond donors (Lipinski definition) is 0. The molecule has 0 radical (unpaired) electrons. The number of hydrogen-bond acceptors (Lipinski definition) is 8. The van der Waals surface area contributed by atoms with Crippen molar-refractivity contribution in [2.75, 3.05) is 24.6 Å². The van der Waals surface area contributed by atoms with Gasteiger partial charge in [0.05, 0.1) is 42.3 Å². The van der Waals surface area contributed by atoms with Crippen LogP contribution >= 0.6 is 11.3 Å². The zero-order valence-electron chi connectivity index (χ0n) is 22.9. The summed E-state index contributed by atoms with van der Waals surface area (Å²) in [6, 6.07) is 11.5. The molecule has 5 rings (SSSR count). The van der Waals surface area contributed by atoms with Crippen molar-refractivity contribution < 1.29 is 27.8 Å². The molecule has 2 fully saturated rings. The van der Waals surface area contributed by atoms with Gasteiger partial charge in [0.2, 0.25) is 0 Å². The Balaban J connectivity index is 1.09. The van der Waals surface area contributed by atoms with Gasteiger partial charge in [-0.3, -0.25) is 9.59 Å². The maximum Gasteiger partial charge on any atom is 0.255 e. The Labute approximate surface area is 236 Å². The number of ketones is 2. The van der Waals surface area contributed by atoms with Crippen LogP contribution in [-0.4, -0.2) is 53.3 Å². The zero-order valence-corrected chi connectivity index (χ0v) is 23.7. The molecule has 2 aromatic heterocycles. The van der Waals surface area contributed by atoms with Gasteiger partial charge in [-0.15, -0.1) is 11.3 Å². The summed E-state index contributed by atoms with van der Waals surface area (Å²) in [6.07, 6.45) is 2.97. The number of carbonyl (C=O) groups is 2. The number of pyridine rings is 1. The highest BCUT2D eigenvalue weighted by Gasteiger charge is 2.57. The summed E-state index contributed by atoms with van der Waals surface area (Å²) in [7, 11) is 0. The van der Waals surface area contributed by atoms with Gasteiger partial charge in [-0.1, -0.05) is 19.1 Å². The molecule has 3 atom stereocenters. The van der Waals surface area contributed by atoms with Gasteiger partial charge in [-0.25, -0.2) is 18.7 Å². The minimum Gasteiger partial charge on any atom is -0.491 e. The van der Waals surface area contributed by atoms with Crippen LogP contribution in [0.15, 0.2) is 42.6 Å². The predicted molar refractivity (Wildman–Crippen MR) is 149 cm³/mol. The molecule has 0 spiro atoms. The summed E-state index contributed by atoms with van der Waals surface area (Å²) in [5.41, 5.74) is 1.74. The van der Waals surface area contributed by atoms with Crippen LogP contribution in [-0.2, 0) is 11.2 Å². The minimum absolute atomic E-state index is 0.0103. The average Bonchev–Trinajstić information content (AvgIpc) is 3.21. The summed E-state index contributed by atoms with van der Waals surface area (Å²) in [4.78, 5) is 35.9. The number of ether oxygens (including phenoxy) is 2. The Morgan fingerprint density at radius 3 is 2.55 bits per heavy atom. The number of thiazole rings is 1. The lowest BCUT2D eigenvalue weighted by Gasteiger charge is -2.19. The van der Waals surface area contributed by atoms with E-state index in [0.29, 0.717) is 34.3 Å². The fraction of sp³-hybridized carbons (Fsp3) is 0.467. The highest BCUT2D eigenvalue weighted by Crippen LogP contribution is 2.48. The Kier molecular flexibility index (Phi) is 8.16. The lowest BCUT2D eigenvalue weighted by Crippen LogP contribution is -2.25. The van der Waals surface area contributed by atoms with Crippen LogP contribution in [0.25, 0.3) is 0 Å². The number of anilines is 1. The molecule has 0 bridgehead atoms. The number of aryl methyl sites for hydroxylation is 1. The van der Waals surface area contributed by atoms with E-state index in [9.17, 15) is 18.4 Å². The number of benzene rings is 1. The second kappa shape index (κ2) is 11.6. The fourth-order valence-electron chi connectivity index (χ4n) is 4.88. The lowest BCUT2D eigenvalue weighted by atomic mass is 9.95. The van der Waals surface area contributed by atoms with Crippen LogP contribution < -0.4 is 14.4 Å². The summed E-state index contributed by atoms with van der Waals surface area (Å²) in [6.45, 7) is 6.86. The van der Waals surface area contributed by atoms with Gasteiger partial charge in [0.25, 0.3) is 5.92 Å². The van der Waals surface area contributed by atoms with Gasteiger partial charge < -0.3 is 14.4 Å². The van der Waals surface area contributed by atoms with Gasteiger partial charge in [-0.05, 0) is 49.6 Å². The van der Waals surface area contributed by atoms with Crippen molar-refractivity contribution >= 4 is 28.7 Å². The van der Waals surface area contributed by atoms with Crippen LogP contribution in [0, 0.1) is 12.8 Å². The van der Waals surface area contributed by atoms with E-state index < -0.39 is 11.8 Å². The fourth-order valence-corrected chi connectivity index (χ4v) is 5.96. The number of nitrogens with zero attached hydrogens (tertiary/aromatic N) is 3. The monoisotopic (exact) mass is 569 g/mol. The molecular weight excluding hydrogens is 536 g/mol. The van der Waals surface area contributed by atoms with Crippen LogP contribution in [0.1, 0.15) is 65.0 Å². The van der Waals surface area contributed by atoms with E-state index in [1.165, 1.54) is 18.3 Å². The zero-order chi connectivity index (χ0) is 28.4. The van der Waals surface area contributed by atoms with E-state index >= 15 is 0 Å². The third-order valence-electron chi connectivity index (χ3n) is 7.33. The molecule has 212 valence electrons. The van der Waals surface area contributed by atoms with Crippen molar-refractivity contribution in [2.24, 2.45) is 5.92 Å². The van der Waals surface area contributed by atoms with Gasteiger partial charge >= 0.3 is 0 Å². The molecule has 0 amide bonds. The molecular formula is C30H33F2N3O4S. The smallest absolute Gasteiger partial charge is 0.255 e. The largest absolute Gasteiger partial charge is 0.491 e. The van der Waals surface area contributed by atoms with Gasteiger partial charge in [0.1, 0.15) is 34.2 Å². The first-order chi connectivity index (χ1) is 19.1. The van der Waals surface area contributed by atoms with Crippen molar-refractivity contribution in [1.29, 1.82) is 0 Å². The van der Waals surface area contributed by atoms with E-state index in [4.69, 9.17) is 9.47 Å². The second-order valence-corrected chi connectivity index (χ2v) is 11.9. The van der Waals surface area contributed by atoms with Gasteiger partial charge in [0, 0.05) is 25.8 Å². The van der Waals surface area contributed by atoms with Crippen LogP contribution in [0.3, 0.4) is 0 Å². The highest BCUT2D eigenvalue weighted by molar-refractivity contribution is 7.14. The van der Waals surface area contributed by atoms with Crippen LogP contribution in [0.4, 0.5) is 14.6 Å². The number of Topliss-reactive ketones (excluding diaryl/α,β-unsaturated/α-hetero) is 2. The summed E-state index contributed by atoms with van der Waals surface area (Å²) in [5, 5.41) is 0.688. The first kappa shape index (κ1) is 28.1. The number of halogens is 2. The normalized spacial score (nSPS) is 20.3. The quantitative estimate of drug-likeness (QED) is 0.246. The first-order valence-electron chi connectivity index (χ1n) is 13.5. The van der Waals surface area contributed by atoms with Crippen molar-refractivity contribution in [3.05, 3.63) is 63.7 Å². The first-order valence-corrected chi connectivity index (χ1v) is 14.4. The Hall–Kier alpha value is -3.40. The molecule has 1 saturated heterocycles. The predicted octanol–water partition coefficient (Wildman–Crippen LogP) is 6.05. The SMILES string of the molecule is CC(=O)Cc1nc(C)c(C(=O)C[C@@H](C)c2ccc(OC3CCN(c4ccc(OCC5CC5(F)F)cn4)C3)cc2)s1. The van der Waals surface area contributed by atoms with Crippen molar-refractivity contribution in [3.63, 3.8) is 0 Å². The van der Waals surface area contributed by atoms with E-state index in [2.05, 4.69) is 14.9 Å². The number of carbonyl (C=O) groups excluding carboxylic acids is 2. The molecule has 3 aromatic rings. The van der Waals surface area contributed by atoms with E-state index in [1.54, 1.807) is 12.3 Å². The van der Waals surface area contributed by atoms with Crippen molar-refractivity contribution in [2.45, 2.75) is 64.4 Å². The van der Waals surface area contributed by atoms with Crippen molar-refractivity contribution in [3.8, 4) is 11.5 Å². The molecule has 1 aliphatic carbocycles. The topological polar surface area (TPSA) is 81.6 Å². The molecule has 1 saturated carbocycles. The third-order valence-corrected chi connectivity index (χ3v) is 8.53. The molecule has 2 aliphatic rings.